The molecule has 3 rings (SSSR count). The van der Waals surface area contributed by atoms with Crippen LogP contribution in [0.25, 0.3) is 0 Å². The fourth-order valence-corrected chi connectivity index (χ4v) is 7.91. The molecule has 8 heteroatoms. The molecule has 1 aliphatic rings. The van der Waals surface area contributed by atoms with E-state index in [1.807, 2.05) is 42.6 Å². The second kappa shape index (κ2) is 14.8. The Kier molecular flexibility index (Phi) is 11.8. The highest BCUT2D eigenvalue weighted by molar-refractivity contribution is 8.17. The maximum absolute atomic E-state index is 11.5. The summed E-state index contributed by atoms with van der Waals surface area (Å²) in [5.74, 6) is 10.6. The lowest BCUT2D eigenvalue weighted by molar-refractivity contribution is -0.143. The van der Waals surface area contributed by atoms with Gasteiger partial charge in [0.05, 0.1) is 23.0 Å². The molecule has 0 spiro atoms. The third-order valence-electron chi connectivity index (χ3n) is 5.65. The summed E-state index contributed by atoms with van der Waals surface area (Å²) in [6, 6.07) is 8.33. The summed E-state index contributed by atoms with van der Waals surface area (Å²) in [6.45, 7) is 9.61. The quantitative estimate of drug-likeness (QED) is 0.0961. The van der Waals surface area contributed by atoms with Gasteiger partial charge in [-0.3, -0.25) is 4.79 Å². The Morgan fingerprint density at radius 3 is 2.53 bits per heavy atom. The van der Waals surface area contributed by atoms with Gasteiger partial charge in [-0.25, -0.2) is 0 Å². The predicted molar refractivity (Wildman–Crippen MR) is 153 cm³/mol. The number of aryl methyl sites for hydroxylation is 1. The SMILES string of the molecule is CCOC(=O)CCCCc1ccc(C#Cc2cc3c(cc2SCC)OCCC3(SCC)SCC)nn1. The molecule has 1 aromatic carbocycles. The van der Waals surface area contributed by atoms with Gasteiger partial charge in [-0.2, -0.15) is 5.10 Å². The molecule has 0 amide bonds. The van der Waals surface area contributed by atoms with Crippen molar-refractivity contribution in [2.24, 2.45) is 0 Å². The second-order valence-corrected chi connectivity index (χ2v) is 12.9. The van der Waals surface area contributed by atoms with Gasteiger partial charge in [0.1, 0.15) is 11.4 Å². The smallest absolute Gasteiger partial charge is 0.305 e. The summed E-state index contributed by atoms with van der Waals surface area (Å²) < 4.78 is 11.1. The topological polar surface area (TPSA) is 61.3 Å². The van der Waals surface area contributed by atoms with Gasteiger partial charge >= 0.3 is 5.97 Å². The molecule has 1 aromatic heterocycles. The molecule has 0 saturated carbocycles. The molecule has 0 unspecified atom stereocenters. The molecule has 0 atom stereocenters. The summed E-state index contributed by atoms with van der Waals surface area (Å²) >= 11 is 5.80. The predicted octanol–water partition coefficient (Wildman–Crippen LogP) is 6.71. The van der Waals surface area contributed by atoms with E-state index in [1.165, 1.54) is 5.56 Å². The molecular formula is C28H36N2O3S3. The number of ether oxygens (including phenoxy) is 2. The molecule has 0 N–H and O–H groups in total. The van der Waals surface area contributed by atoms with Gasteiger partial charge in [0.15, 0.2) is 0 Å². The molecule has 2 heterocycles. The Balaban J connectivity index is 1.77. The van der Waals surface area contributed by atoms with Crippen molar-refractivity contribution in [2.45, 2.75) is 68.8 Å². The van der Waals surface area contributed by atoms with E-state index in [0.717, 1.165) is 71.5 Å². The van der Waals surface area contributed by atoms with E-state index in [-0.39, 0.29) is 10.0 Å². The van der Waals surface area contributed by atoms with Crippen molar-refractivity contribution < 1.29 is 14.3 Å². The maximum Gasteiger partial charge on any atom is 0.305 e. The van der Waals surface area contributed by atoms with Crippen LogP contribution >= 0.6 is 35.3 Å². The number of esters is 1. The fraction of sp³-hybridized carbons (Fsp3) is 0.536. The van der Waals surface area contributed by atoms with Crippen molar-refractivity contribution in [1.82, 2.24) is 10.2 Å². The van der Waals surface area contributed by atoms with Gasteiger partial charge in [-0.05, 0) is 73.6 Å². The summed E-state index contributed by atoms with van der Waals surface area (Å²) in [6.07, 6.45) is 3.89. The largest absolute Gasteiger partial charge is 0.493 e. The number of fused-ring (bicyclic) bond motifs is 1. The van der Waals surface area contributed by atoms with Crippen LogP contribution in [0.3, 0.4) is 0 Å². The average molecular weight is 545 g/mol. The van der Waals surface area contributed by atoms with Gasteiger partial charge in [0, 0.05) is 28.9 Å². The summed E-state index contributed by atoms with van der Waals surface area (Å²) in [5, 5.41) is 8.68. The lowest BCUT2D eigenvalue weighted by Crippen LogP contribution is -2.27. The number of nitrogens with zero attached hydrogens (tertiary/aromatic N) is 2. The first-order valence-electron chi connectivity index (χ1n) is 12.8. The maximum atomic E-state index is 11.5. The highest BCUT2D eigenvalue weighted by Crippen LogP contribution is 2.55. The average Bonchev–Trinajstić information content (AvgIpc) is 2.87. The molecular weight excluding hydrogens is 509 g/mol. The lowest BCUT2D eigenvalue weighted by Gasteiger charge is -2.38. The molecule has 36 heavy (non-hydrogen) atoms. The Morgan fingerprint density at radius 2 is 1.86 bits per heavy atom. The number of carbonyl (C=O) groups is 1. The van der Waals surface area contributed by atoms with Crippen LogP contribution in [-0.4, -0.2) is 46.6 Å². The molecule has 0 aliphatic carbocycles. The van der Waals surface area contributed by atoms with Gasteiger partial charge in [-0.15, -0.1) is 40.4 Å². The number of hydrogen-bond acceptors (Lipinski definition) is 8. The summed E-state index contributed by atoms with van der Waals surface area (Å²) in [5.41, 5.74) is 3.84. The molecule has 0 bridgehead atoms. The van der Waals surface area contributed by atoms with Crippen LogP contribution in [0, 0.1) is 11.8 Å². The van der Waals surface area contributed by atoms with Crippen molar-refractivity contribution >= 4 is 41.3 Å². The molecule has 0 saturated heterocycles. The number of rotatable bonds is 12. The minimum absolute atomic E-state index is 0.0116. The van der Waals surface area contributed by atoms with Gasteiger partial charge < -0.3 is 9.47 Å². The molecule has 1 aliphatic heterocycles. The van der Waals surface area contributed by atoms with E-state index in [1.54, 1.807) is 11.8 Å². The van der Waals surface area contributed by atoms with Crippen molar-refractivity contribution in [1.29, 1.82) is 0 Å². The van der Waals surface area contributed by atoms with E-state index in [2.05, 4.69) is 54.9 Å². The normalized spacial score (nSPS) is 13.8. The number of unbranched alkanes of at least 4 members (excludes halogenated alkanes) is 1. The zero-order valence-electron chi connectivity index (χ0n) is 21.7. The molecule has 2 aromatic rings. The molecule has 194 valence electrons. The molecule has 0 radical (unpaired) electrons. The minimum Gasteiger partial charge on any atom is -0.493 e. The summed E-state index contributed by atoms with van der Waals surface area (Å²) in [7, 11) is 0. The highest BCUT2D eigenvalue weighted by atomic mass is 32.2. The first kappa shape index (κ1) is 28.7. The monoisotopic (exact) mass is 544 g/mol. The third kappa shape index (κ3) is 7.84. The van der Waals surface area contributed by atoms with Crippen LogP contribution in [0.15, 0.2) is 29.2 Å². The van der Waals surface area contributed by atoms with Crippen LogP contribution in [0.1, 0.15) is 75.9 Å². The Morgan fingerprint density at radius 1 is 1.06 bits per heavy atom. The fourth-order valence-electron chi connectivity index (χ4n) is 4.09. The van der Waals surface area contributed by atoms with Crippen LogP contribution in [-0.2, 0) is 20.0 Å². The van der Waals surface area contributed by atoms with Crippen molar-refractivity contribution in [2.75, 3.05) is 30.5 Å². The van der Waals surface area contributed by atoms with Crippen LogP contribution in [0.5, 0.6) is 5.75 Å². The van der Waals surface area contributed by atoms with E-state index in [9.17, 15) is 4.79 Å². The Labute approximate surface area is 228 Å². The van der Waals surface area contributed by atoms with E-state index in [4.69, 9.17) is 9.47 Å². The standard InChI is InChI=1S/C28H36N2O3S3/c1-5-32-27(31)12-10-9-11-22-15-16-23(30-29-22)14-13-21-19-24-25(20-26(21)34-6-2)33-18-17-28(24,35-7-3)36-8-4/h15-16,19-20H,5-12,17-18H2,1-4H3. The molecule has 5 nitrogen and oxygen atoms in total. The molecule has 0 fully saturated rings. The van der Waals surface area contributed by atoms with Gasteiger partial charge in [0.25, 0.3) is 0 Å². The van der Waals surface area contributed by atoms with E-state index >= 15 is 0 Å². The van der Waals surface area contributed by atoms with Gasteiger partial charge in [-0.1, -0.05) is 26.7 Å². The van der Waals surface area contributed by atoms with Crippen LogP contribution < -0.4 is 4.74 Å². The van der Waals surface area contributed by atoms with Crippen molar-refractivity contribution in [3.8, 4) is 17.6 Å². The van der Waals surface area contributed by atoms with Gasteiger partial charge in [0.2, 0.25) is 0 Å². The Bertz CT molecular complexity index is 1060. The van der Waals surface area contributed by atoms with Crippen molar-refractivity contribution in [3.63, 3.8) is 0 Å². The number of benzene rings is 1. The lowest BCUT2D eigenvalue weighted by atomic mass is 10.0. The number of aromatic nitrogens is 2. The summed E-state index contributed by atoms with van der Waals surface area (Å²) in [4.78, 5) is 12.6. The Hall–Kier alpha value is -1.82. The van der Waals surface area contributed by atoms with Crippen LogP contribution in [0.2, 0.25) is 0 Å². The highest BCUT2D eigenvalue weighted by Gasteiger charge is 2.38. The number of hydrogen-bond donors (Lipinski definition) is 0. The first-order valence-corrected chi connectivity index (χ1v) is 15.7. The zero-order chi connectivity index (χ0) is 25.8. The number of thioether (sulfide) groups is 3. The minimum atomic E-state index is -0.137. The third-order valence-corrected chi connectivity index (χ3v) is 9.65. The van der Waals surface area contributed by atoms with Crippen molar-refractivity contribution in [3.05, 3.63) is 46.8 Å². The van der Waals surface area contributed by atoms with E-state index in [0.29, 0.717) is 18.7 Å². The number of carbonyl (C=O) groups excluding carboxylic acids is 1. The zero-order valence-corrected chi connectivity index (χ0v) is 24.2. The second-order valence-electron chi connectivity index (χ2n) is 8.17. The van der Waals surface area contributed by atoms with Crippen LogP contribution in [0.4, 0.5) is 0 Å². The van der Waals surface area contributed by atoms with E-state index < -0.39 is 0 Å². The first-order chi connectivity index (χ1) is 17.5.